The summed E-state index contributed by atoms with van der Waals surface area (Å²) < 4.78 is 5.14. The molecule has 3 N–H and O–H groups in total. The number of hydrogen-bond acceptors (Lipinski definition) is 3. The number of aliphatic hydroxyl groups is 1. The van der Waals surface area contributed by atoms with Gasteiger partial charge in [-0.2, -0.15) is 0 Å². The number of aliphatic hydroxyl groups excluding tert-OH is 1. The Kier molecular flexibility index (Phi) is 6.90. The number of amides is 2. The van der Waals surface area contributed by atoms with Gasteiger partial charge in [0.1, 0.15) is 5.75 Å². The van der Waals surface area contributed by atoms with Gasteiger partial charge in [0.2, 0.25) is 0 Å². The zero-order valence-electron chi connectivity index (χ0n) is 13.5. The highest BCUT2D eigenvalue weighted by Crippen LogP contribution is 2.27. The number of rotatable bonds is 7. The standard InChI is InChI=1S/C18H21ClN2O3/c1-24-14-9-10-15(19)17(12-14)21-18(23)20-16(8-5-11-22)13-6-3-2-4-7-13/h2-4,6-7,9-10,12,16,22H,5,8,11H2,1H3,(H2,20,21,23). The van der Waals surface area contributed by atoms with E-state index in [-0.39, 0.29) is 18.7 Å². The molecule has 0 spiro atoms. The minimum absolute atomic E-state index is 0.0777. The molecule has 24 heavy (non-hydrogen) atoms. The lowest BCUT2D eigenvalue weighted by atomic mass is 10.0. The maximum Gasteiger partial charge on any atom is 0.319 e. The van der Waals surface area contributed by atoms with Crippen molar-refractivity contribution in [3.63, 3.8) is 0 Å². The Morgan fingerprint density at radius 1 is 1.25 bits per heavy atom. The van der Waals surface area contributed by atoms with Crippen molar-refractivity contribution in [3.8, 4) is 5.75 Å². The van der Waals surface area contributed by atoms with Crippen molar-refractivity contribution in [2.75, 3.05) is 19.0 Å². The van der Waals surface area contributed by atoms with Crippen molar-refractivity contribution in [2.45, 2.75) is 18.9 Å². The number of benzene rings is 2. The smallest absolute Gasteiger partial charge is 0.319 e. The molecule has 0 fully saturated rings. The average Bonchev–Trinajstić information content (AvgIpc) is 2.61. The largest absolute Gasteiger partial charge is 0.497 e. The normalized spacial score (nSPS) is 11.6. The average molecular weight is 349 g/mol. The van der Waals surface area contributed by atoms with Crippen molar-refractivity contribution in [3.05, 3.63) is 59.1 Å². The summed E-state index contributed by atoms with van der Waals surface area (Å²) in [5, 5.41) is 15.2. The molecule has 2 rings (SSSR count). The fourth-order valence-electron chi connectivity index (χ4n) is 2.35. The second-order valence-corrected chi connectivity index (χ2v) is 5.68. The Morgan fingerprint density at radius 3 is 2.67 bits per heavy atom. The van der Waals surface area contributed by atoms with Gasteiger partial charge in [-0.3, -0.25) is 0 Å². The Bertz CT molecular complexity index is 665. The molecule has 1 atom stereocenters. The first-order chi connectivity index (χ1) is 11.6. The van der Waals surface area contributed by atoms with E-state index in [1.54, 1.807) is 25.3 Å². The fraction of sp³-hybridized carbons (Fsp3) is 0.278. The van der Waals surface area contributed by atoms with Gasteiger partial charge < -0.3 is 20.5 Å². The van der Waals surface area contributed by atoms with Crippen LogP contribution >= 0.6 is 11.6 Å². The molecule has 2 aromatic carbocycles. The molecule has 128 valence electrons. The lowest BCUT2D eigenvalue weighted by Gasteiger charge is -2.19. The minimum Gasteiger partial charge on any atom is -0.497 e. The first-order valence-electron chi connectivity index (χ1n) is 7.71. The summed E-state index contributed by atoms with van der Waals surface area (Å²) in [6.07, 6.45) is 1.24. The van der Waals surface area contributed by atoms with E-state index in [1.165, 1.54) is 0 Å². The van der Waals surface area contributed by atoms with Crippen LogP contribution in [0.2, 0.25) is 5.02 Å². The molecule has 2 amide bonds. The quantitative estimate of drug-likeness (QED) is 0.708. The van der Waals surface area contributed by atoms with E-state index in [1.807, 2.05) is 30.3 Å². The Balaban J connectivity index is 2.07. The zero-order valence-corrected chi connectivity index (χ0v) is 14.2. The second kappa shape index (κ2) is 9.15. The Hall–Kier alpha value is -2.24. The summed E-state index contributed by atoms with van der Waals surface area (Å²) in [6, 6.07) is 14.1. The number of urea groups is 1. The van der Waals surface area contributed by atoms with Gasteiger partial charge in [-0.25, -0.2) is 4.79 Å². The summed E-state index contributed by atoms with van der Waals surface area (Å²) in [7, 11) is 1.55. The number of anilines is 1. The molecular formula is C18H21ClN2O3. The van der Waals surface area contributed by atoms with Crippen LogP contribution < -0.4 is 15.4 Å². The third kappa shape index (κ3) is 5.15. The summed E-state index contributed by atoms with van der Waals surface area (Å²) in [4.78, 5) is 12.3. The van der Waals surface area contributed by atoms with Gasteiger partial charge >= 0.3 is 6.03 Å². The molecule has 0 saturated carbocycles. The van der Waals surface area contributed by atoms with Crippen LogP contribution in [0.1, 0.15) is 24.4 Å². The molecule has 0 aliphatic heterocycles. The summed E-state index contributed by atoms with van der Waals surface area (Å²) in [5.74, 6) is 0.606. The molecule has 0 radical (unpaired) electrons. The Morgan fingerprint density at radius 2 is 2.00 bits per heavy atom. The van der Waals surface area contributed by atoms with Crippen LogP contribution in [0.25, 0.3) is 0 Å². The number of carbonyl (C=O) groups excluding carboxylic acids is 1. The monoisotopic (exact) mass is 348 g/mol. The first kappa shape index (κ1) is 18.1. The number of carbonyl (C=O) groups is 1. The maximum absolute atomic E-state index is 12.3. The van der Waals surface area contributed by atoms with Gasteiger partial charge in [0.15, 0.2) is 0 Å². The Labute approximate surface area is 146 Å². The van der Waals surface area contributed by atoms with E-state index in [2.05, 4.69) is 10.6 Å². The van der Waals surface area contributed by atoms with Crippen LogP contribution in [-0.2, 0) is 0 Å². The van der Waals surface area contributed by atoms with Gasteiger partial charge in [0.05, 0.1) is 23.9 Å². The van der Waals surface area contributed by atoms with Crippen molar-refractivity contribution < 1.29 is 14.6 Å². The van der Waals surface area contributed by atoms with Crippen molar-refractivity contribution >= 4 is 23.3 Å². The van der Waals surface area contributed by atoms with Gasteiger partial charge in [-0.1, -0.05) is 41.9 Å². The molecule has 2 aromatic rings. The van der Waals surface area contributed by atoms with Crippen molar-refractivity contribution in [1.29, 1.82) is 0 Å². The first-order valence-corrected chi connectivity index (χ1v) is 8.08. The SMILES string of the molecule is COc1ccc(Cl)c(NC(=O)NC(CCCO)c2ccccc2)c1. The highest BCUT2D eigenvalue weighted by atomic mass is 35.5. The van der Waals surface area contributed by atoms with Gasteiger partial charge in [0.25, 0.3) is 0 Å². The van der Waals surface area contributed by atoms with E-state index in [0.717, 1.165) is 5.56 Å². The predicted octanol–water partition coefficient (Wildman–Crippen LogP) is 3.98. The van der Waals surface area contributed by atoms with Crippen LogP contribution in [0, 0.1) is 0 Å². The molecular weight excluding hydrogens is 328 g/mol. The highest BCUT2D eigenvalue weighted by molar-refractivity contribution is 6.33. The predicted molar refractivity (Wildman–Crippen MR) is 95.7 cm³/mol. The molecule has 0 aliphatic carbocycles. The lowest BCUT2D eigenvalue weighted by Crippen LogP contribution is -2.32. The molecule has 0 heterocycles. The van der Waals surface area contributed by atoms with Gasteiger partial charge in [-0.15, -0.1) is 0 Å². The van der Waals surface area contributed by atoms with E-state index in [9.17, 15) is 4.79 Å². The van der Waals surface area contributed by atoms with E-state index < -0.39 is 0 Å². The minimum atomic E-state index is -0.364. The van der Waals surface area contributed by atoms with Crippen LogP contribution in [0.15, 0.2) is 48.5 Å². The van der Waals surface area contributed by atoms with Crippen LogP contribution in [0.4, 0.5) is 10.5 Å². The summed E-state index contributed by atoms with van der Waals surface area (Å²) >= 11 is 6.10. The van der Waals surface area contributed by atoms with Crippen LogP contribution in [0.5, 0.6) is 5.75 Å². The van der Waals surface area contributed by atoms with Crippen molar-refractivity contribution in [2.24, 2.45) is 0 Å². The van der Waals surface area contributed by atoms with E-state index in [0.29, 0.717) is 29.3 Å². The molecule has 0 saturated heterocycles. The summed E-state index contributed by atoms with van der Waals surface area (Å²) in [5.41, 5.74) is 1.46. The number of hydrogen-bond donors (Lipinski definition) is 3. The molecule has 0 aliphatic rings. The molecule has 1 unspecified atom stereocenters. The number of ether oxygens (including phenoxy) is 1. The molecule has 0 aromatic heterocycles. The fourth-order valence-corrected chi connectivity index (χ4v) is 2.51. The van der Waals surface area contributed by atoms with Crippen LogP contribution in [0.3, 0.4) is 0 Å². The van der Waals surface area contributed by atoms with E-state index in [4.69, 9.17) is 21.4 Å². The summed E-state index contributed by atoms with van der Waals surface area (Å²) in [6.45, 7) is 0.0777. The zero-order chi connectivity index (χ0) is 17.4. The van der Waals surface area contributed by atoms with Crippen molar-refractivity contribution in [1.82, 2.24) is 5.32 Å². The second-order valence-electron chi connectivity index (χ2n) is 5.27. The third-order valence-electron chi connectivity index (χ3n) is 3.58. The molecule has 6 heteroatoms. The number of methoxy groups -OCH3 is 1. The maximum atomic E-state index is 12.3. The highest BCUT2D eigenvalue weighted by Gasteiger charge is 2.15. The third-order valence-corrected chi connectivity index (χ3v) is 3.91. The van der Waals surface area contributed by atoms with E-state index >= 15 is 0 Å². The van der Waals surface area contributed by atoms with Gasteiger partial charge in [0, 0.05) is 12.7 Å². The number of halogens is 1. The van der Waals surface area contributed by atoms with Gasteiger partial charge in [-0.05, 0) is 30.5 Å². The topological polar surface area (TPSA) is 70.6 Å². The number of nitrogens with one attached hydrogen (secondary N) is 2. The molecule has 5 nitrogen and oxygen atoms in total. The van der Waals surface area contributed by atoms with Crippen LogP contribution in [-0.4, -0.2) is 24.9 Å². The lowest BCUT2D eigenvalue weighted by molar-refractivity contribution is 0.244. The molecule has 0 bridgehead atoms.